The molecule has 0 bridgehead atoms. The summed E-state index contributed by atoms with van der Waals surface area (Å²) in [5, 5.41) is 8.89. The Hall–Kier alpha value is -6.27. The number of rotatable bonds is 12. The van der Waals surface area contributed by atoms with E-state index in [1.807, 2.05) is 67.3 Å². The van der Waals surface area contributed by atoms with Gasteiger partial charge in [-0.15, -0.1) is 0 Å². The van der Waals surface area contributed by atoms with Crippen LogP contribution in [0.3, 0.4) is 0 Å². The van der Waals surface area contributed by atoms with Crippen molar-refractivity contribution in [1.82, 2.24) is 20.2 Å². The van der Waals surface area contributed by atoms with Gasteiger partial charge >= 0.3 is 0 Å². The van der Waals surface area contributed by atoms with Gasteiger partial charge in [0.2, 0.25) is 17.7 Å². The summed E-state index contributed by atoms with van der Waals surface area (Å²) in [5.41, 5.74) is 5.07. The molecule has 0 spiro atoms. The molecule has 1 fully saturated rings. The fourth-order valence-corrected chi connectivity index (χ4v) is 5.87. The molecule has 12 heteroatoms. The summed E-state index contributed by atoms with van der Waals surface area (Å²) in [6.07, 6.45) is 4.43. The number of aromatic nitrogens is 2. The summed E-state index contributed by atoms with van der Waals surface area (Å²) in [4.78, 5) is 39.6. The number of benzene rings is 4. The van der Waals surface area contributed by atoms with E-state index in [9.17, 15) is 9.59 Å². The van der Waals surface area contributed by atoms with Crippen molar-refractivity contribution in [1.29, 1.82) is 0 Å². The number of aryl methyl sites for hydroxylation is 2. The molecular formula is C41H42FN7O4. The fraction of sp³-hybridized carbons (Fsp3) is 0.220. The number of halogens is 1. The largest absolute Gasteiger partial charge is 0.493 e. The minimum atomic E-state index is -0.489. The van der Waals surface area contributed by atoms with Crippen molar-refractivity contribution >= 4 is 40.9 Å². The van der Waals surface area contributed by atoms with Crippen molar-refractivity contribution < 1.29 is 23.5 Å². The molecule has 0 radical (unpaired) electrons. The molecule has 2 amide bonds. The average molecular weight is 716 g/mol. The van der Waals surface area contributed by atoms with Crippen LogP contribution in [-0.4, -0.2) is 67.0 Å². The average Bonchev–Trinajstić information content (AvgIpc) is 3.16. The number of anilines is 4. The third-order valence-electron chi connectivity index (χ3n) is 8.90. The fourth-order valence-electron chi connectivity index (χ4n) is 5.87. The lowest BCUT2D eigenvalue weighted by molar-refractivity contribution is -0.116. The van der Waals surface area contributed by atoms with Crippen LogP contribution >= 0.6 is 0 Å². The number of hydrogen-bond acceptors (Lipinski definition) is 9. The van der Waals surface area contributed by atoms with E-state index in [1.54, 1.807) is 36.4 Å². The van der Waals surface area contributed by atoms with Gasteiger partial charge in [0.15, 0.2) is 11.5 Å². The molecule has 0 atom stereocenters. The maximum atomic E-state index is 15.3. The van der Waals surface area contributed by atoms with Crippen LogP contribution < -0.4 is 30.3 Å². The maximum absolute atomic E-state index is 15.3. The molecule has 1 aliphatic rings. The molecule has 11 nitrogen and oxygen atoms in total. The Labute approximate surface area is 308 Å². The predicted molar refractivity (Wildman–Crippen MR) is 206 cm³/mol. The minimum Gasteiger partial charge on any atom is -0.493 e. The molecule has 1 saturated heterocycles. The molecule has 3 N–H and O–H groups in total. The lowest BCUT2D eigenvalue weighted by atomic mass is 10.1. The first-order valence-corrected chi connectivity index (χ1v) is 17.3. The lowest BCUT2D eigenvalue weighted by Gasteiger charge is -2.34. The Morgan fingerprint density at radius 3 is 2.38 bits per heavy atom. The van der Waals surface area contributed by atoms with E-state index in [-0.39, 0.29) is 34.9 Å². The number of hydrogen-bond donors (Lipinski definition) is 3. The smallest absolute Gasteiger partial charge is 0.262 e. The number of carbonyl (C=O) groups excluding carboxylic acids is 2. The van der Waals surface area contributed by atoms with Crippen molar-refractivity contribution in [2.45, 2.75) is 20.4 Å². The van der Waals surface area contributed by atoms with Gasteiger partial charge in [-0.1, -0.05) is 54.6 Å². The number of ether oxygens (including phenoxy) is 2. The van der Waals surface area contributed by atoms with Gasteiger partial charge in [-0.3, -0.25) is 9.59 Å². The number of para-hydroxylation sites is 1. The van der Waals surface area contributed by atoms with Crippen molar-refractivity contribution in [3.05, 3.63) is 131 Å². The first-order chi connectivity index (χ1) is 25.7. The van der Waals surface area contributed by atoms with Crippen LogP contribution in [0.1, 0.15) is 32.6 Å². The Morgan fingerprint density at radius 2 is 1.66 bits per heavy atom. The molecule has 1 aromatic heterocycles. The molecule has 4 aromatic carbocycles. The van der Waals surface area contributed by atoms with E-state index in [0.29, 0.717) is 34.9 Å². The van der Waals surface area contributed by atoms with E-state index in [1.165, 1.54) is 25.4 Å². The highest BCUT2D eigenvalue weighted by Crippen LogP contribution is 2.35. The molecule has 0 unspecified atom stereocenters. The first kappa shape index (κ1) is 36.5. The van der Waals surface area contributed by atoms with E-state index in [2.05, 4.69) is 37.9 Å². The second kappa shape index (κ2) is 16.8. The first-order valence-electron chi connectivity index (χ1n) is 17.3. The zero-order valence-corrected chi connectivity index (χ0v) is 30.2. The van der Waals surface area contributed by atoms with Crippen molar-refractivity contribution in [3.63, 3.8) is 0 Å². The lowest BCUT2D eigenvalue weighted by Crippen LogP contribution is -2.44. The highest BCUT2D eigenvalue weighted by Gasteiger charge is 2.22. The standard InChI is InChI=1S/C41H42FN7O4/c1-27-9-8-10-28(2)38(27)46-39(51)32-26-44-41(45-31-15-16-34(33(42)24-31)49-21-19-48(3)20-22-49)47-40(32)53-36-23-29(13-17-35(36)52-4)14-18-37(50)43-25-30-11-6-5-7-12-30/h5-18,23-24,26H,19-22,25H2,1-4H3,(H,43,50)(H,46,51)(H,44,45,47)/b18-14+. The van der Waals surface area contributed by atoms with E-state index >= 15 is 4.39 Å². The summed E-state index contributed by atoms with van der Waals surface area (Å²) < 4.78 is 27.2. The van der Waals surface area contributed by atoms with Crippen molar-refractivity contribution in [3.8, 4) is 17.4 Å². The van der Waals surface area contributed by atoms with Crippen LogP contribution in [0, 0.1) is 19.7 Å². The van der Waals surface area contributed by atoms with Crippen LogP contribution in [0.25, 0.3) is 6.08 Å². The van der Waals surface area contributed by atoms with Gasteiger partial charge in [-0.2, -0.15) is 4.98 Å². The second-order valence-electron chi connectivity index (χ2n) is 12.8. The zero-order valence-electron chi connectivity index (χ0n) is 30.2. The Morgan fingerprint density at radius 1 is 0.906 bits per heavy atom. The Bertz CT molecular complexity index is 2100. The third kappa shape index (κ3) is 9.35. The zero-order chi connectivity index (χ0) is 37.3. The number of piperazine rings is 1. The van der Waals surface area contributed by atoms with E-state index in [4.69, 9.17) is 9.47 Å². The summed E-state index contributed by atoms with van der Waals surface area (Å²) in [5.74, 6) is -0.502. The van der Waals surface area contributed by atoms with Gasteiger partial charge in [-0.05, 0) is 79.6 Å². The number of amides is 2. The molecular weight excluding hydrogens is 673 g/mol. The molecule has 0 saturated carbocycles. The van der Waals surface area contributed by atoms with Gasteiger partial charge in [0, 0.05) is 56.4 Å². The SMILES string of the molecule is COc1ccc(/C=C/C(=O)NCc2ccccc2)cc1Oc1nc(Nc2ccc(N3CCN(C)CC3)c(F)c2)ncc1C(=O)Nc1c(C)cccc1C. The molecule has 5 aromatic rings. The number of carbonyl (C=O) groups is 2. The highest BCUT2D eigenvalue weighted by molar-refractivity contribution is 6.06. The number of nitrogens with one attached hydrogen (secondary N) is 3. The van der Waals surface area contributed by atoms with Gasteiger partial charge in [0.1, 0.15) is 11.4 Å². The summed E-state index contributed by atoms with van der Waals surface area (Å²) >= 11 is 0. The minimum absolute atomic E-state index is 0.0538. The van der Waals surface area contributed by atoms with Crippen LogP contribution in [0.4, 0.5) is 27.4 Å². The maximum Gasteiger partial charge on any atom is 0.262 e. The molecule has 272 valence electrons. The van der Waals surface area contributed by atoms with Gasteiger partial charge in [0.05, 0.1) is 12.8 Å². The predicted octanol–water partition coefficient (Wildman–Crippen LogP) is 7.11. The number of nitrogens with zero attached hydrogens (tertiary/aromatic N) is 4. The van der Waals surface area contributed by atoms with Crippen molar-refractivity contribution in [2.24, 2.45) is 0 Å². The second-order valence-corrected chi connectivity index (χ2v) is 12.8. The normalized spacial score (nSPS) is 13.1. The summed E-state index contributed by atoms with van der Waals surface area (Å²) in [6.45, 7) is 7.38. The van der Waals surface area contributed by atoms with Crippen molar-refractivity contribution in [2.75, 3.05) is 55.9 Å². The topological polar surface area (TPSA) is 121 Å². The summed E-state index contributed by atoms with van der Waals surface area (Å²) in [6, 6.07) is 25.4. The van der Waals surface area contributed by atoms with Crippen LogP contribution in [0.15, 0.2) is 97.2 Å². The van der Waals surface area contributed by atoms with Gasteiger partial charge in [-0.25, -0.2) is 9.37 Å². The molecule has 0 aliphatic carbocycles. The molecule has 6 rings (SSSR count). The van der Waals surface area contributed by atoms with Gasteiger partial charge in [0.25, 0.3) is 5.91 Å². The highest BCUT2D eigenvalue weighted by atomic mass is 19.1. The number of methoxy groups -OCH3 is 1. The quantitative estimate of drug-likeness (QED) is 0.116. The monoisotopic (exact) mass is 715 g/mol. The third-order valence-corrected chi connectivity index (χ3v) is 8.90. The Balaban J connectivity index is 1.27. The van der Waals surface area contributed by atoms with Gasteiger partial charge < -0.3 is 35.2 Å². The van der Waals surface area contributed by atoms with E-state index < -0.39 is 5.91 Å². The van der Waals surface area contributed by atoms with Crippen LogP contribution in [-0.2, 0) is 11.3 Å². The van der Waals surface area contributed by atoms with E-state index in [0.717, 1.165) is 42.9 Å². The molecule has 53 heavy (non-hydrogen) atoms. The van der Waals surface area contributed by atoms with Crippen LogP contribution in [0.5, 0.6) is 17.4 Å². The Kier molecular flexibility index (Phi) is 11.6. The molecule has 1 aliphatic heterocycles. The number of likely N-dealkylation sites (N-methyl/N-ethyl adjacent to an activating group) is 1. The summed E-state index contributed by atoms with van der Waals surface area (Å²) in [7, 11) is 3.55. The van der Waals surface area contributed by atoms with Crippen LogP contribution in [0.2, 0.25) is 0 Å². The molecule has 2 heterocycles.